The van der Waals surface area contributed by atoms with Gasteiger partial charge in [0.2, 0.25) is 0 Å². The molecule has 17 heavy (non-hydrogen) atoms. The monoisotopic (exact) mass is 242 g/mol. The van der Waals surface area contributed by atoms with E-state index in [9.17, 15) is 9.90 Å². The second-order valence-electron chi connectivity index (χ2n) is 6.30. The van der Waals surface area contributed by atoms with E-state index in [1.54, 1.807) is 0 Å². The van der Waals surface area contributed by atoms with Gasteiger partial charge in [0, 0.05) is 0 Å². The topological polar surface area (TPSA) is 37.3 Å². The molecule has 0 spiro atoms. The Bertz CT molecular complexity index is 215. The van der Waals surface area contributed by atoms with E-state index in [1.165, 1.54) is 25.7 Å². The van der Waals surface area contributed by atoms with Gasteiger partial charge in [0.05, 0.1) is 5.92 Å². The number of hydrogen-bond donors (Lipinski definition) is 1. The normalized spacial score (nSPS) is 15.6. The van der Waals surface area contributed by atoms with Crippen LogP contribution in [0.25, 0.3) is 0 Å². The first-order valence-electron chi connectivity index (χ1n) is 7.03. The van der Waals surface area contributed by atoms with Crippen molar-refractivity contribution in [2.75, 3.05) is 0 Å². The van der Waals surface area contributed by atoms with E-state index in [4.69, 9.17) is 0 Å². The van der Waals surface area contributed by atoms with Crippen LogP contribution >= 0.6 is 0 Å². The van der Waals surface area contributed by atoms with E-state index >= 15 is 0 Å². The van der Waals surface area contributed by atoms with Crippen LogP contribution in [-0.4, -0.2) is 11.1 Å². The summed E-state index contributed by atoms with van der Waals surface area (Å²) in [6.45, 7) is 10.7. The van der Waals surface area contributed by atoms with Crippen molar-refractivity contribution in [3.8, 4) is 0 Å². The molecular weight excluding hydrogens is 212 g/mol. The predicted molar refractivity (Wildman–Crippen MR) is 73.1 cm³/mol. The fourth-order valence-corrected chi connectivity index (χ4v) is 2.16. The van der Waals surface area contributed by atoms with Gasteiger partial charge in [0.25, 0.3) is 0 Å². The summed E-state index contributed by atoms with van der Waals surface area (Å²) in [5.41, 5.74) is 0.0759. The molecule has 0 heterocycles. The van der Waals surface area contributed by atoms with Gasteiger partial charge in [-0.3, -0.25) is 4.79 Å². The molecule has 0 aliphatic carbocycles. The van der Waals surface area contributed by atoms with Gasteiger partial charge in [0.1, 0.15) is 0 Å². The maximum absolute atomic E-state index is 11.3. The van der Waals surface area contributed by atoms with Crippen LogP contribution in [0, 0.1) is 17.3 Å². The Hall–Kier alpha value is -0.530. The van der Waals surface area contributed by atoms with Crippen LogP contribution in [0.5, 0.6) is 0 Å². The molecule has 0 aromatic rings. The van der Waals surface area contributed by atoms with Crippen molar-refractivity contribution < 1.29 is 9.90 Å². The molecule has 0 aliphatic rings. The van der Waals surface area contributed by atoms with Crippen LogP contribution < -0.4 is 0 Å². The first kappa shape index (κ1) is 16.5. The van der Waals surface area contributed by atoms with Crippen LogP contribution in [0.3, 0.4) is 0 Å². The summed E-state index contributed by atoms with van der Waals surface area (Å²) in [5.74, 6) is -0.578. The molecule has 2 unspecified atom stereocenters. The largest absolute Gasteiger partial charge is 0.481 e. The fourth-order valence-electron chi connectivity index (χ4n) is 2.16. The van der Waals surface area contributed by atoms with E-state index in [2.05, 4.69) is 34.6 Å². The highest BCUT2D eigenvalue weighted by Gasteiger charge is 2.32. The van der Waals surface area contributed by atoms with Gasteiger partial charge >= 0.3 is 5.97 Å². The van der Waals surface area contributed by atoms with Gasteiger partial charge in [-0.25, -0.2) is 0 Å². The maximum atomic E-state index is 11.3. The Kier molecular flexibility index (Phi) is 7.49. The number of carbonyl (C=O) groups is 1. The Balaban J connectivity index is 4.13. The first-order valence-corrected chi connectivity index (χ1v) is 7.03. The molecule has 0 rings (SSSR count). The van der Waals surface area contributed by atoms with Crippen molar-refractivity contribution in [1.29, 1.82) is 0 Å². The molecule has 2 heteroatoms. The maximum Gasteiger partial charge on any atom is 0.306 e. The summed E-state index contributed by atoms with van der Waals surface area (Å²) in [7, 11) is 0. The van der Waals surface area contributed by atoms with Crippen molar-refractivity contribution in [3.05, 3.63) is 0 Å². The molecule has 0 saturated heterocycles. The molecule has 1 N–H and O–H groups in total. The second kappa shape index (κ2) is 7.73. The van der Waals surface area contributed by atoms with Gasteiger partial charge in [-0.2, -0.15) is 0 Å². The third kappa shape index (κ3) is 6.70. The third-order valence-electron chi connectivity index (χ3n) is 3.91. The molecule has 0 aromatic carbocycles. The van der Waals surface area contributed by atoms with Crippen LogP contribution in [0.1, 0.15) is 73.1 Å². The molecule has 0 amide bonds. The number of unbranched alkanes of at least 4 members (excludes halogenated alkanes) is 4. The smallest absolute Gasteiger partial charge is 0.306 e. The minimum absolute atomic E-state index is 0.0759. The molecule has 2 atom stereocenters. The Labute approximate surface area is 107 Å². The van der Waals surface area contributed by atoms with E-state index < -0.39 is 5.97 Å². The van der Waals surface area contributed by atoms with E-state index in [0.29, 0.717) is 0 Å². The van der Waals surface area contributed by atoms with Crippen molar-refractivity contribution in [2.45, 2.75) is 73.1 Å². The van der Waals surface area contributed by atoms with Crippen molar-refractivity contribution >= 4 is 5.97 Å². The van der Waals surface area contributed by atoms with Gasteiger partial charge in [-0.05, 0) is 17.8 Å². The molecule has 2 nitrogen and oxygen atoms in total. The fraction of sp³-hybridized carbons (Fsp3) is 0.933. The molecule has 0 saturated carbocycles. The first-order chi connectivity index (χ1) is 7.80. The average Bonchev–Trinajstić information content (AvgIpc) is 2.20. The summed E-state index contributed by atoms with van der Waals surface area (Å²) in [6.07, 6.45) is 6.81. The number of hydrogen-bond acceptors (Lipinski definition) is 1. The lowest BCUT2D eigenvalue weighted by Crippen LogP contribution is -2.31. The number of carboxylic acid groups (broad SMARTS) is 1. The molecule has 0 aliphatic heterocycles. The highest BCUT2D eigenvalue weighted by atomic mass is 16.4. The minimum Gasteiger partial charge on any atom is -0.481 e. The average molecular weight is 242 g/mol. The van der Waals surface area contributed by atoms with Gasteiger partial charge in [-0.15, -0.1) is 0 Å². The zero-order chi connectivity index (χ0) is 13.5. The van der Waals surface area contributed by atoms with E-state index in [-0.39, 0.29) is 17.3 Å². The highest BCUT2D eigenvalue weighted by Crippen LogP contribution is 2.34. The van der Waals surface area contributed by atoms with E-state index in [1.807, 2.05) is 0 Å². The van der Waals surface area contributed by atoms with Crippen molar-refractivity contribution in [2.24, 2.45) is 17.3 Å². The predicted octanol–water partition coefficient (Wildman–Crippen LogP) is 4.73. The second-order valence-corrected chi connectivity index (χ2v) is 6.30. The minimum atomic E-state index is -0.622. The molecule has 0 fully saturated rings. The van der Waals surface area contributed by atoms with Crippen LogP contribution in [0.4, 0.5) is 0 Å². The summed E-state index contributed by atoms with van der Waals surface area (Å²) in [6, 6.07) is 0. The quantitative estimate of drug-likeness (QED) is 0.625. The lowest BCUT2D eigenvalue weighted by Gasteiger charge is -2.32. The SMILES string of the molecule is CCCCCCCC(C(=O)O)C(C)C(C)(C)C. The number of carboxylic acids is 1. The summed E-state index contributed by atoms with van der Waals surface area (Å²) in [5, 5.41) is 9.31. The van der Waals surface area contributed by atoms with Crippen molar-refractivity contribution in [1.82, 2.24) is 0 Å². The lowest BCUT2D eigenvalue weighted by atomic mass is 9.72. The highest BCUT2D eigenvalue weighted by molar-refractivity contribution is 5.70. The van der Waals surface area contributed by atoms with E-state index in [0.717, 1.165) is 12.8 Å². The Morgan fingerprint density at radius 3 is 2.06 bits per heavy atom. The van der Waals surface area contributed by atoms with Gasteiger partial charge in [-0.1, -0.05) is 66.7 Å². The van der Waals surface area contributed by atoms with Gasteiger partial charge < -0.3 is 5.11 Å². The number of aliphatic carboxylic acids is 1. The van der Waals surface area contributed by atoms with Crippen LogP contribution in [-0.2, 0) is 4.79 Å². The third-order valence-corrected chi connectivity index (χ3v) is 3.91. The number of rotatable bonds is 8. The summed E-state index contributed by atoms with van der Waals surface area (Å²) in [4.78, 5) is 11.3. The molecule has 0 aromatic heterocycles. The molecule has 0 bridgehead atoms. The molecule has 102 valence electrons. The van der Waals surface area contributed by atoms with Crippen LogP contribution in [0.2, 0.25) is 0 Å². The Morgan fingerprint density at radius 1 is 1.12 bits per heavy atom. The van der Waals surface area contributed by atoms with Gasteiger partial charge in [0.15, 0.2) is 0 Å². The van der Waals surface area contributed by atoms with Crippen molar-refractivity contribution in [3.63, 3.8) is 0 Å². The zero-order valence-corrected chi connectivity index (χ0v) is 12.3. The lowest BCUT2D eigenvalue weighted by molar-refractivity contribution is -0.145. The summed E-state index contributed by atoms with van der Waals surface area (Å²) >= 11 is 0. The van der Waals surface area contributed by atoms with Crippen LogP contribution in [0.15, 0.2) is 0 Å². The summed E-state index contributed by atoms with van der Waals surface area (Å²) < 4.78 is 0. The zero-order valence-electron chi connectivity index (χ0n) is 12.3. The molecular formula is C15H30O2. The standard InChI is InChI=1S/C15H30O2/c1-6-7-8-9-10-11-13(14(16)17)12(2)15(3,4)5/h12-13H,6-11H2,1-5H3,(H,16,17). The Morgan fingerprint density at radius 2 is 1.65 bits per heavy atom. The molecule has 0 radical (unpaired) electrons.